The highest BCUT2D eigenvalue weighted by Gasteiger charge is 2.36. The molecule has 0 spiro atoms. The number of hydrogen-bond acceptors (Lipinski definition) is 4. The van der Waals surface area contributed by atoms with Crippen molar-refractivity contribution in [2.24, 2.45) is 7.05 Å². The first-order chi connectivity index (χ1) is 10.2. The summed E-state index contributed by atoms with van der Waals surface area (Å²) in [6, 6.07) is 1.51. The van der Waals surface area contributed by atoms with Gasteiger partial charge in [-0.05, 0) is 44.7 Å². The van der Waals surface area contributed by atoms with Gasteiger partial charge in [0.2, 0.25) is 0 Å². The molecule has 5 heteroatoms. The van der Waals surface area contributed by atoms with Crippen molar-refractivity contribution in [2.75, 3.05) is 31.6 Å². The van der Waals surface area contributed by atoms with E-state index in [1.54, 1.807) is 0 Å². The molecule has 2 fully saturated rings. The van der Waals surface area contributed by atoms with E-state index in [9.17, 15) is 0 Å². The molecule has 2 aliphatic rings. The molecule has 1 aromatic heterocycles. The average Bonchev–Trinajstić information content (AvgIpc) is 3.06. The Morgan fingerprint density at radius 2 is 2.24 bits per heavy atom. The predicted molar refractivity (Wildman–Crippen MR) is 89.7 cm³/mol. The third-order valence-corrected chi connectivity index (χ3v) is 5.89. The van der Waals surface area contributed by atoms with Crippen molar-refractivity contribution in [3.63, 3.8) is 0 Å². The summed E-state index contributed by atoms with van der Waals surface area (Å²) in [6.07, 6.45) is 8.36. The van der Waals surface area contributed by atoms with E-state index < -0.39 is 0 Å². The lowest BCUT2D eigenvalue weighted by Gasteiger charge is -2.43. The van der Waals surface area contributed by atoms with Crippen LogP contribution in [-0.4, -0.2) is 63.1 Å². The van der Waals surface area contributed by atoms with Gasteiger partial charge in [0.15, 0.2) is 0 Å². The van der Waals surface area contributed by atoms with Crippen molar-refractivity contribution in [2.45, 2.75) is 44.8 Å². The average molecular weight is 308 g/mol. The molecule has 0 radical (unpaired) electrons. The van der Waals surface area contributed by atoms with Crippen molar-refractivity contribution >= 4 is 11.8 Å². The van der Waals surface area contributed by atoms with Crippen LogP contribution in [0.25, 0.3) is 0 Å². The Hall–Kier alpha value is -0.520. The summed E-state index contributed by atoms with van der Waals surface area (Å²) in [5.74, 6) is 2.38. The van der Waals surface area contributed by atoms with E-state index in [1.807, 2.05) is 11.8 Å². The quantitative estimate of drug-likeness (QED) is 0.832. The molecule has 21 heavy (non-hydrogen) atoms. The number of aryl methyl sites for hydroxylation is 1. The third kappa shape index (κ3) is 3.30. The first-order valence-electron chi connectivity index (χ1n) is 8.13. The minimum atomic E-state index is 0.710. The number of aromatic nitrogens is 2. The minimum absolute atomic E-state index is 0.710. The molecule has 1 aromatic rings. The molecule has 0 amide bonds. The van der Waals surface area contributed by atoms with Gasteiger partial charge in [-0.3, -0.25) is 9.80 Å². The highest BCUT2D eigenvalue weighted by Crippen LogP contribution is 2.27. The zero-order chi connectivity index (χ0) is 14.8. The highest BCUT2D eigenvalue weighted by atomic mass is 32.2. The van der Waals surface area contributed by atoms with E-state index in [0.717, 1.165) is 18.4 Å². The van der Waals surface area contributed by atoms with Gasteiger partial charge in [-0.15, -0.1) is 0 Å². The highest BCUT2D eigenvalue weighted by molar-refractivity contribution is 7.98. The number of nitrogens with zero attached hydrogens (tertiary/aromatic N) is 4. The van der Waals surface area contributed by atoms with Crippen LogP contribution >= 0.6 is 11.8 Å². The van der Waals surface area contributed by atoms with E-state index in [-0.39, 0.29) is 0 Å². The number of thioether (sulfide) groups is 1. The molecule has 4 nitrogen and oxygen atoms in total. The molecular weight excluding hydrogens is 280 g/mol. The number of piperazine rings is 1. The van der Waals surface area contributed by atoms with E-state index in [1.165, 1.54) is 50.3 Å². The number of rotatable bonds is 5. The molecule has 2 aliphatic heterocycles. The van der Waals surface area contributed by atoms with Gasteiger partial charge in [0.1, 0.15) is 5.82 Å². The van der Waals surface area contributed by atoms with Crippen LogP contribution < -0.4 is 0 Å². The molecule has 0 N–H and O–H groups in total. The second-order valence-electron chi connectivity index (χ2n) is 6.51. The van der Waals surface area contributed by atoms with Crippen molar-refractivity contribution in [3.05, 3.63) is 17.7 Å². The number of imidazole rings is 1. The summed E-state index contributed by atoms with van der Waals surface area (Å²) in [5, 5.41) is 0. The Bertz CT molecular complexity index is 473. The lowest BCUT2D eigenvalue weighted by molar-refractivity contribution is 0.0428. The molecular formula is C16H28N4S. The maximum absolute atomic E-state index is 4.46. The fourth-order valence-electron chi connectivity index (χ4n) is 3.77. The van der Waals surface area contributed by atoms with E-state index in [2.05, 4.69) is 45.8 Å². The normalized spacial score (nSPS) is 27.2. The van der Waals surface area contributed by atoms with Crippen LogP contribution in [0.5, 0.6) is 0 Å². The zero-order valence-corrected chi connectivity index (χ0v) is 14.4. The molecule has 3 rings (SSSR count). The molecule has 2 saturated heterocycles. The lowest BCUT2D eigenvalue weighted by Crippen LogP contribution is -2.55. The lowest BCUT2D eigenvalue weighted by atomic mass is 10.0. The summed E-state index contributed by atoms with van der Waals surface area (Å²) in [6.45, 7) is 6.97. The Kier molecular flexibility index (Phi) is 4.92. The fraction of sp³-hybridized carbons (Fsp3) is 0.812. The Morgan fingerprint density at radius 1 is 1.38 bits per heavy atom. The fourth-order valence-corrected chi connectivity index (χ4v) is 4.28. The van der Waals surface area contributed by atoms with E-state index >= 15 is 0 Å². The van der Waals surface area contributed by atoms with Crippen molar-refractivity contribution < 1.29 is 0 Å². The third-order valence-electron chi connectivity index (χ3n) is 5.24. The molecule has 0 saturated carbocycles. The van der Waals surface area contributed by atoms with Gasteiger partial charge in [-0.1, -0.05) is 0 Å². The van der Waals surface area contributed by atoms with Crippen molar-refractivity contribution in [1.82, 2.24) is 19.4 Å². The van der Waals surface area contributed by atoms with Crippen LogP contribution in [0.3, 0.4) is 0 Å². The molecule has 118 valence electrons. The second-order valence-corrected chi connectivity index (χ2v) is 7.50. The predicted octanol–water partition coefficient (Wildman–Crippen LogP) is 2.13. The summed E-state index contributed by atoms with van der Waals surface area (Å²) >= 11 is 1.97. The Morgan fingerprint density at radius 3 is 2.95 bits per heavy atom. The summed E-state index contributed by atoms with van der Waals surface area (Å²) in [7, 11) is 2.14. The summed E-state index contributed by atoms with van der Waals surface area (Å²) < 4.78 is 2.24. The van der Waals surface area contributed by atoms with Crippen LogP contribution in [0, 0.1) is 6.92 Å². The van der Waals surface area contributed by atoms with Gasteiger partial charge >= 0.3 is 0 Å². The molecule has 0 bridgehead atoms. The largest absolute Gasteiger partial charge is 0.334 e. The van der Waals surface area contributed by atoms with Gasteiger partial charge in [0.05, 0.1) is 5.69 Å². The molecule has 0 aromatic carbocycles. The first kappa shape index (κ1) is 15.4. The first-order valence-corrected chi connectivity index (χ1v) is 9.52. The number of fused-ring (bicyclic) bond motifs is 1. The van der Waals surface area contributed by atoms with Crippen LogP contribution in [0.4, 0.5) is 0 Å². The van der Waals surface area contributed by atoms with Gasteiger partial charge in [-0.25, -0.2) is 4.98 Å². The standard InChI is InChI=1S/C16H28N4S/c1-13-17-9-16(18(13)2)12-20-11-14-5-4-7-19(14)10-15(20)6-8-21-3/h9,14-15H,4-8,10-12H2,1-3H3/t14-,15+/m0/s1. The monoisotopic (exact) mass is 308 g/mol. The molecule has 3 heterocycles. The maximum Gasteiger partial charge on any atom is 0.105 e. The SMILES string of the molecule is CSCC[C@@H]1CN2CCC[C@H]2CN1Cc1cnc(C)n1C. The van der Waals surface area contributed by atoms with Gasteiger partial charge < -0.3 is 4.57 Å². The minimum Gasteiger partial charge on any atom is -0.334 e. The van der Waals surface area contributed by atoms with Crippen LogP contribution in [0.2, 0.25) is 0 Å². The van der Waals surface area contributed by atoms with Crippen molar-refractivity contribution in [3.8, 4) is 0 Å². The molecule has 0 unspecified atom stereocenters. The zero-order valence-electron chi connectivity index (χ0n) is 13.6. The van der Waals surface area contributed by atoms with Crippen LogP contribution in [0.1, 0.15) is 30.8 Å². The summed E-state index contributed by atoms with van der Waals surface area (Å²) in [4.78, 5) is 9.91. The molecule has 2 atom stereocenters. The topological polar surface area (TPSA) is 24.3 Å². The smallest absolute Gasteiger partial charge is 0.105 e. The van der Waals surface area contributed by atoms with Gasteiger partial charge in [0.25, 0.3) is 0 Å². The van der Waals surface area contributed by atoms with E-state index in [0.29, 0.717) is 6.04 Å². The second kappa shape index (κ2) is 6.71. The summed E-state index contributed by atoms with van der Waals surface area (Å²) in [5.41, 5.74) is 1.35. The molecule has 0 aliphatic carbocycles. The van der Waals surface area contributed by atoms with Crippen LogP contribution in [0.15, 0.2) is 6.20 Å². The maximum atomic E-state index is 4.46. The van der Waals surface area contributed by atoms with E-state index in [4.69, 9.17) is 0 Å². The van der Waals surface area contributed by atoms with Gasteiger partial charge in [-0.2, -0.15) is 11.8 Å². The van der Waals surface area contributed by atoms with Crippen LogP contribution in [-0.2, 0) is 13.6 Å². The Balaban J connectivity index is 1.71. The van der Waals surface area contributed by atoms with Crippen molar-refractivity contribution in [1.29, 1.82) is 0 Å². The number of hydrogen-bond donors (Lipinski definition) is 0. The Labute approximate surface area is 132 Å². The van der Waals surface area contributed by atoms with Gasteiger partial charge in [0, 0.05) is 45.0 Å².